The summed E-state index contributed by atoms with van der Waals surface area (Å²) in [5.41, 5.74) is 0. The van der Waals surface area contributed by atoms with Crippen LogP contribution in [0.5, 0.6) is 0 Å². The predicted molar refractivity (Wildman–Crippen MR) is 77.0 cm³/mol. The zero-order valence-corrected chi connectivity index (χ0v) is 12.9. The highest BCUT2D eigenvalue weighted by Crippen LogP contribution is 2.08. The van der Waals surface area contributed by atoms with Crippen LogP contribution in [0.3, 0.4) is 0 Å². The molecule has 5 heteroatoms. The van der Waals surface area contributed by atoms with Crippen LogP contribution in [-0.4, -0.2) is 39.2 Å². The molecule has 0 amide bonds. The van der Waals surface area contributed by atoms with Gasteiger partial charge in [0.2, 0.25) is 0 Å². The maximum Gasteiger partial charge on any atom is 0.125 e. The van der Waals surface area contributed by atoms with Crippen LogP contribution >= 0.6 is 0 Å². The average molecular weight is 257 g/mol. The molecule has 0 heterocycles. The third kappa shape index (κ3) is 7.17. The van der Waals surface area contributed by atoms with Crippen molar-refractivity contribution in [2.24, 2.45) is 0 Å². The van der Waals surface area contributed by atoms with E-state index in [1.54, 1.807) is 11.9 Å². The molecule has 100 valence electrons. The second-order valence-electron chi connectivity index (χ2n) is 5.27. The summed E-state index contributed by atoms with van der Waals surface area (Å²) in [6, 6.07) is 1.15. The van der Waals surface area contributed by atoms with Crippen LogP contribution in [0.25, 0.3) is 0 Å². The first-order valence-electron chi connectivity index (χ1n) is 6.11. The maximum atomic E-state index is 7.84. The normalized spacial score (nSPS) is 11.1. The molecule has 0 aliphatic rings. The van der Waals surface area contributed by atoms with Gasteiger partial charge in [0.1, 0.15) is 18.4 Å². The third-order valence-corrected chi connectivity index (χ3v) is 4.20. The number of hydrogen-bond acceptors (Lipinski definition) is 3. The number of nitrogens with zero attached hydrogens (tertiary/aromatic N) is 1. The van der Waals surface area contributed by atoms with Gasteiger partial charge in [-0.25, -0.2) is 0 Å². The van der Waals surface area contributed by atoms with E-state index in [9.17, 15) is 0 Å². The zero-order chi connectivity index (χ0) is 13.5. The summed E-state index contributed by atoms with van der Waals surface area (Å²) in [7, 11) is 0.770. The highest BCUT2D eigenvalue weighted by molar-refractivity contribution is 6.76. The smallest absolute Gasteiger partial charge is 0.125 e. The molecule has 0 aliphatic carbocycles. The van der Waals surface area contributed by atoms with Crippen molar-refractivity contribution < 1.29 is 4.74 Å². The Labute approximate surface area is 107 Å². The van der Waals surface area contributed by atoms with Gasteiger partial charge in [-0.1, -0.05) is 33.1 Å². The molecule has 0 fully saturated rings. The van der Waals surface area contributed by atoms with Crippen LogP contribution in [-0.2, 0) is 4.74 Å². The summed E-state index contributed by atoms with van der Waals surface area (Å²) in [6.07, 6.45) is 0.679. The Morgan fingerprint density at radius 1 is 1.41 bits per heavy atom. The van der Waals surface area contributed by atoms with E-state index in [0.717, 1.165) is 12.7 Å². The number of ether oxygens (including phenoxy) is 1. The van der Waals surface area contributed by atoms with E-state index >= 15 is 0 Å². The van der Waals surface area contributed by atoms with Crippen molar-refractivity contribution in [1.82, 2.24) is 10.2 Å². The van der Waals surface area contributed by atoms with Gasteiger partial charge in [0.15, 0.2) is 0 Å². The van der Waals surface area contributed by atoms with E-state index in [-0.39, 0.29) is 0 Å². The van der Waals surface area contributed by atoms with Crippen molar-refractivity contribution in [3.05, 3.63) is 12.4 Å². The SMILES string of the molecule is C=C(NC)N(COCC[Si](C)(C)C)C(=N)CC. The molecule has 17 heavy (non-hydrogen) atoms. The number of amidine groups is 1. The van der Waals surface area contributed by atoms with Gasteiger partial charge in [0.05, 0.1) is 0 Å². The van der Waals surface area contributed by atoms with Gasteiger partial charge in [-0.15, -0.1) is 0 Å². The van der Waals surface area contributed by atoms with Crippen LogP contribution in [0, 0.1) is 5.41 Å². The standard InChI is InChI=1S/C12H27N3OSi/c1-7-12(13)15(11(2)14-3)10-16-8-9-17(4,5)6/h13-14H,2,7-10H2,1,3-6H3. The first-order valence-corrected chi connectivity index (χ1v) is 9.82. The number of rotatable bonds is 8. The Kier molecular flexibility index (Phi) is 7.14. The lowest BCUT2D eigenvalue weighted by Gasteiger charge is -2.26. The van der Waals surface area contributed by atoms with Crippen LogP contribution in [0.1, 0.15) is 13.3 Å². The second kappa shape index (κ2) is 7.50. The summed E-state index contributed by atoms with van der Waals surface area (Å²) in [4.78, 5) is 1.77. The molecule has 0 aromatic carbocycles. The lowest BCUT2D eigenvalue weighted by atomic mass is 10.4. The lowest BCUT2D eigenvalue weighted by molar-refractivity contribution is 0.0843. The highest BCUT2D eigenvalue weighted by atomic mass is 28.3. The van der Waals surface area contributed by atoms with Crippen LogP contribution in [0.2, 0.25) is 25.7 Å². The fourth-order valence-corrected chi connectivity index (χ4v) is 1.94. The topological polar surface area (TPSA) is 48.4 Å². The van der Waals surface area contributed by atoms with Gasteiger partial charge < -0.3 is 10.1 Å². The quantitative estimate of drug-likeness (QED) is 0.231. The molecule has 0 saturated carbocycles. The Bertz CT molecular complexity index is 245. The monoisotopic (exact) mass is 257 g/mol. The molecular formula is C12H27N3OSi. The molecule has 0 aromatic rings. The van der Waals surface area contributed by atoms with Gasteiger partial charge in [-0.2, -0.15) is 0 Å². The number of nitrogens with one attached hydrogen (secondary N) is 2. The van der Waals surface area contributed by atoms with Gasteiger partial charge >= 0.3 is 0 Å². The summed E-state index contributed by atoms with van der Waals surface area (Å²) < 4.78 is 5.64. The molecule has 0 unspecified atom stereocenters. The van der Waals surface area contributed by atoms with E-state index in [1.165, 1.54) is 0 Å². The molecule has 0 spiro atoms. The van der Waals surface area contributed by atoms with E-state index in [1.807, 2.05) is 6.92 Å². The van der Waals surface area contributed by atoms with Gasteiger partial charge in [0, 0.05) is 28.1 Å². The van der Waals surface area contributed by atoms with Gasteiger partial charge in [0.25, 0.3) is 0 Å². The zero-order valence-electron chi connectivity index (χ0n) is 11.9. The molecule has 0 rings (SSSR count). The van der Waals surface area contributed by atoms with Gasteiger partial charge in [-0.3, -0.25) is 10.3 Å². The molecule has 0 aromatic heterocycles. The highest BCUT2D eigenvalue weighted by Gasteiger charge is 2.14. The fraction of sp³-hybridized carbons (Fsp3) is 0.750. The minimum Gasteiger partial charge on any atom is -0.375 e. The lowest BCUT2D eigenvalue weighted by Crippen LogP contribution is -2.36. The van der Waals surface area contributed by atoms with Crippen molar-refractivity contribution in [3.63, 3.8) is 0 Å². The van der Waals surface area contributed by atoms with Crippen molar-refractivity contribution in [3.8, 4) is 0 Å². The third-order valence-electron chi connectivity index (χ3n) is 2.49. The Balaban J connectivity index is 4.10. The molecule has 0 atom stereocenters. The molecular weight excluding hydrogens is 230 g/mol. The summed E-state index contributed by atoms with van der Waals surface area (Å²) in [6.45, 7) is 14.0. The van der Waals surface area contributed by atoms with Crippen LogP contribution in [0.4, 0.5) is 0 Å². The minimum atomic E-state index is -1.04. The Morgan fingerprint density at radius 3 is 2.41 bits per heavy atom. The summed E-state index contributed by atoms with van der Waals surface area (Å²) in [5.74, 6) is 1.24. The molecule has 2 N–H and O–H groups in total. The Morgan fingerprint density at radius 2 is 2.00 bits per heavy atom. The van der Waals surface area contributed by atoms with Crippen LogP contribution < -0.4 is 5.32 Å². The van der Waals surface area contributed by atoms with Crippen molar-refractivity contribution in [2.45, 2.75) is 39.0 Å². The van der Waals surface area contributed by atoms with Crippen LogP contribution in [0.15, 0.2) is 12.4 Å². The first-order chi connectivity index (χ1) is 7.81. The first kappa shape index (κ1) is 16.2. The minimum absolute atomic E-state index is 0.414. The van der Waals surface area contributed by atoms with Gasteiger partial charge in [-0.05, 0) is 6.04 Å². The predicted octanol–water partition coefficient (Wildman–Crippen LogP) is 2.68. The van der Waals surface area contributed by atoms with E-state index in [4.69, 9.17) is 10.1 Å². The van der Waals surface area contributed by atoms with Crippen molar-refractivity contribution in [1.29, 1.82) is 5.41 Å². The fourth-order valence-electron chi connectivity index (χ4n) is 1.18. The molecule has 0 bridgehead atoms. The largest absolute Gasteiger partial charge is 0.375 e. The van der Waals surface area contributed by atoms with E-state index in [2.05, 4.69) is 31.5 Å². The molecule has 0 saturated heterocycles. The van der Waals surface area contributed by atoms with Crippen molar-refractivity contribution in [2.75, 3.05) is 20.4 Å². The number of hydrogen-bond donors (Lipinski definition) is 2. The second-order valence-corrected chi connectivity index (χ2v) is 10.9. The molecule has 4 nitrogen and oxygen atoms in total. The van der Waals surface area contributed by atoms with E-state index < -0.39 is 8.07 Å². The van der Waals surface area contributed by atoms with Crippen molar-refractivity contribution >= 4 is 13.9 Å². The molecule has 0 radical (unpaired) electrons. The molecule has 0 aliphatic heterocycles. The Hall–Kier alpha value is -0.813. The van der Waals surface area contributed by atoms with E-state index in [0.29, 0.717) is 24.8 Å². The maximum absolute atomic E-state index is 7.84. The summed E-state index contributed by atoms with van der Waals surface area (Å²) in [5, 5.41) is 10.8. The average Bonchev–Trinajstić information content (AvgIpc) is 2.26. The summed E-state index contributed by atoms with van der Waals surface area (Å²) >= 11 is 0.